The number of methoxy groups -OCH3 is 2. The lowest BCUT2D eigenvalue weighted by Gasteiger charge is -2.34. The summed E-state index contributed by atoms with van der Waals surface area (Å²) in [6.07, 6.45) is 0. The molecule has 0 aliphatic carbocycles. The Morgan fingerprint density at radius 2 is 1.54 bits per heavy atom. The molecule has 156 valence electrons. The molecule has 1 N–H and O–H groups in total. The molecule has 1 saturated heterocycles. The van der Waals surface area contributed by atoms with Crippen LogP contribution in [0, 0.1) is 0 Å². The second-order valence-corrected chi connectivity index (χ2v) is 6.48. The second kappa shape index (κ2) is 12.0. The summed E-state index contributed by atoms with van der Waals surface area (Å²) >= 11 is 0. The van der Waals surface area contributed by atoms with E-state index < -0.39 is 0 Å². The van der Waals surface area contributed by atoms with Crippen LogP contribution in [0.4, 0.5) is 0 Å². The van der Waals surface area contributed by atoms with E-state index in [0.29, 0.717) is 12.4 Å². The molecule has 1 atom stereocenters. The highest BCUT2D eigenvalue weighted by Crippen LogP contribution is 2.39. The third-order valence-corrected chi connectivity index (χ3v) is 4.90. The van der Waals surface area contributed by atoms with Crippen LogP contribution in [0.5, 0.6) is 17.2 Å². The van der Waals surface area contributed by atoms with E-state index in [9.17, 15) is 0 Å². The van der Waals surface area contributed by atoms with Gasteiger partial charge in [-0.1, -0.05) is 30.3 Å². The number of nitrogens with zero attached hydrogens (tertiary/aromatic N) is 1. The summed E-state index contributed by atoms with van der Waals surface area (Å²) in [5.74, 6) is 2.26. The molecule has 3 rings (SSSR count). The molecule has 1 aliphatic rings. The van der Waals surface area contributed by atoms with Crippen LogP contribution < -0.4 is 19.5 Å². The number of benzene rings is 2. The smallest absolute Gasteiger partial charge is 0.164 e. The number of ether oxygens (including phenoxy) is 3. The Bertz CT molecular complexity index is 710. The Kier molecular flexibility index (Phi) is 10.5. The van der Waals surface area contributed by atoms with Gasteiger partial charge in [0, 0.05) is 43.9 Å². The first-order chi connectivity index (χ1) is 12.7. The van der Waals surface area contributed by atoms with Gasteiger partial charge in [0.05, 0.1) is 14.2 Å². The summed E-state index contributed by atoms with van der Waals surface area (Å²) in [5, 5.41) is 3.41. The minimum Gasteiger partial charge on any atom is -0.493 e. The summed E-state index contributed by atoms with van der Waals surface area (Å²) in [6, 6.07) is 14.4. The van der Waals surface area contributed by atoms with Crippen LogP contribution in [-0.4, -0.2) is 45.3 Å². The molecule has 7 heteroatoms. The number of rotatable bonds is 7. The molecule has 1 aliphatic heterocycles. The highest BCUT2D eigenvalue weighted by molar-refractivity contribution is 5.85. The number of piperazine rings is 1. The quantitative estimate of drug-likeness (QED) is 0.718. The monoisotopic (exact) mass is 428 g/mol. The predicted octanol–water partition coefficient (Wildman–Crippen LogP) is 4.09. The predicted molar refractivity (Wildman–Crippen MR) is 118 cm³/mol. The highest BCUT2D eigenvalue weighted by atomic mass is 35.5. The molecule has 0 aromatic heterocycles. The third-order valence-electron chi connectivity index (χ3n) is 4.90. The first-order valence-corrected chi connectivity index (χ1v) is 9.10. The fourth-order valence-corrected chi connectivity index (χ4v) is 3.33. The Labute approximate surface area is 180 Å². The van der Waals surface area contributed by atoms with E-state index in [1.165, 1.54) is 0 Å². The first kappa shape index (κ1) is 24.4. The van der Waals surface area contributed by atoms with Gasteiger partial charge < -0.3 is 19.5 Å². The molecule has 28 heavy (non-hydrogen) atoms. The largest absolute Gasteiger partial charge is 0.493 e. The molecule has 0 bridgehead atoms. The van der Waals surface area contributed by atoms with Crippen molar-refractivity contribution < 1.29 is 14.2 Å². The Balaban J connectivity index is 0.00000196. The average molecular weight is 429 g/mol. The number of nitrogens with one attached hydrogen (secondary N) is 1. The molecule has 1 fully saturated rings. The van der Waals surface area contributed by atoms with Crippen LogP contribution in [0.2, 0.25) is 0 Å². The lowest BCUT2D eigenvalue weighted by atomic mass is 10.0. The average Bonchev–Trinajstić information content (AvgIpc) is 2.72. The number of hydrogen-bond donors (Lipinski definition) is 1. The third kappa shape index (κ3) is 5.92. The zero-order valence-corrected chi connectivity index (χ0v) is 18.3. The topological polar surface area (TPSA) is 43.0 Å². The van der Waals surface area contributed by atoms with Crippen molar-refractivity contribution in [2.45, 2.75) is 19.6 Å². The minimum atomic E-state index is 0. The van der Waals surface area contributed by atoms with E-state index in [2.05, 4.69) is 29.3 Å². The second-order valence-electron chi connectivity index (χ2n) is 6.48. The van der Waals surface area contributed by atoms with Gasteiger partial charge in [-0.25, -0.2) is 0 Å². The zero-order chi connectivity index (χ0) is 18.4. The van der Waals surface area contributed by atoms with E-state index in [0.717, 1.165) is 48.8 Å². The maximum atomic E-state index is 6.20. The SMILES string of the molecule is COc1cc(OCc2ccccc2)c([C@H](C)N2CCNCC2)cc1OC.Cl.Cl. The van der Waals surface area contributed by atoms with Gasteiger partial charge in [-0.15, -0.1) is 24.8 Å². The summed E-state index contributed by atoms with van der Waals surface area (Å²) < 4.78 is 17.2. The lowest BCUT2D eigenvalue weighted by Crippen LogP contribution is -2.44. The lowest BCUT2D eigenvalue weighted by molar-refractivity contribution is 0.179. The van der Waals surface area contributed by atoms with Crippen LogP contribution >= 0.6 is 24.8 Å². The maximum absolute atomic E-state index is 6.20. The minimum absolute atomic E-state index is 0. The molecular weight excluding hydrogens is 399 g/mol. The summed E-state index contributed by atoms with van der Waals surface area (Å²) in [4.78, 5) is 2.47. The van der Waals surface area contributed by atoms with Crippen LogP contribution in [-0.2, 0) is 6.61 Å². The molecule has 0 radical (unpaired) electrons. The fraction of sp³-hybridized carbons (Fsp3) is 0.429. The molecule has 0 saturated carbocycles. The fourth-order valence-electron chi connectivity index (χ4n) is 3.33. The van der Waals surface area contributed by atoms with Crippen molar-refractivity contribution in [2.75, 3.05) is 40.4 Å². The summed E-state index contributed by atoms with van der Waals surface area (Å²) in [7, 11) is 3.32. The van der Waals surface area contributed by atoms with Crippen molar-refractivity contribution in [3.8, 4) is 17.2 Å². The Hall–Kier alpha value is -1.66. The molecule has 1 heterocycles. The van der Waals surface area contributed by atoms with E-state index in [1.807, 2.05) is 30.3 Å². The van der Waals surface area contributed by atoms with Gasteiger partial charge in [-0.2, -0.15) is 0 Å². The van der Waals surface area contributed by atoms with Crippen molar-refractivity contribution >= 4 is 24.8 Å². The van der Waals surface area contributed by atoms with Crippen molar-refractivity contribution in [1.82, 2.24) is 10.2 Å². The Morgan fingerprint density at radius 1 is 0.929 bits per heavy atom. The molecule has 0 spiro atoms. The van der Waals surface area contributed by atoms with Gasteiger partial charge in [-0.3, -0.25) is 4.90 Å². The van der Waals surface area contributed by atoms with Crippen LogP contribution in [0.15, 0.2) is 42.5 Å². The molecule has 2 aromatic carbocycles. The van der Waals surface area contributed by atoms with Crippen LogP contribution in [0.25, 0.3) is 0 Å². The molecule has 0 amide bonds. The normalized spacial score (nSPS) is 15.0. The zero-order valence-electron chi connectivity index (χ0n) is 16.6. The van der Waals surface area contributed by atoms with E-state index in [-0.39, 0.29) is 30.9 Å². The van der Waals surface area contributed by atoms with Crippen molar-refractivity contribution in [3.63, 3.8) is 0 Å². The van der Waals surface area contributed by atoms with E-state index >= 15 is 0 Å². The number of halogens is 2. The van der Waals surface area contributed by atoms with E-state index in [1.54, 1.807) is 14.2 Å². The van der Waals surface area contributed by atoms with Gasteiger partial charge in [0.25, 0.3) is 0 Å². The standard InChI is InChI=1S/C21H28N2O3.2ClH/c1-16(23-11-9-22-10-12-23)18-13-20(24-2)21(25-3)14-19(18)26-15-17-7-5-4-6-8-17;;/h4-8,13-14,16,22H,9-12,15H2,1-3H3;2*1H/t16-;;/m0../s1. The Morgan fingerprint density at radius 3 is 2.14 bits per heavy atom. The van der Waals surface area contributed by atoms with Gasteiger partial charge in [-0.05, 0) is 18.6 Å². The molecule has 5 nitrogen and oxygen atoms in total. The summed E-state index contributed by atoms with van der Waals surface area (Å²) in [6.45, 7) is 6.82. The van der Waals surface area contributed by atoms with Crippen molar-refractivity contribution in [1.29, 1.82) is 0 Å². The van der Waals surface area contributed by atoms with Crippen LogP contribution in [0.1, 0.15) is 24.1 Å². The first-order valence-electron chi connectivity index (χ1n) is 9.10. The number of hydrogen-bond acceptors (Lipinski definition) is 5. The van der Waals surface area contributed by atoms with Gasteiger partial charge in [0.1, 0.15) is 12.4 Å². The molecule has 0 unspecified atom stereocenters. The maximum Gasteiger partial charge on any atom is 0.164 e. The molecule has 2 aromatic rings. The van der Waals surface area contributed by atoms with E-state index in [4.69, 9.17) is 14.2 Å². The summed E-state index contributed by atoms with van der Waals surface area (Å²) in [5.41, 5.74) is 2.27. The highest BCUT2D eigenvalue weighted by Gasteiger charge is 2.23. The molecular formula is C21H30Cl2N2O3. The van der Waals surface area contributed by atoms with Crippen LogP contribution in [0.3, 0.4) is 0 Å². The van der Waals surface area contributed by atoms with Crippen molar-refractivity contribution in [2.24, 2.45) is 0 Å². The van der Waals surface area contributed by atoms with Crippen molar-refractivity contribution in [3.05, 3.63) is 53.6 Å². The van der Waals surface area contributed by atoms with Gasteiger partial charge in [0.2, 0.25) is 0 Å². The van der Waals surface area contributed by atoms with Gasteiger partial charge in [0.15, 0.2) is 11.5 Å². The van der Waals surface area contributed by atoms with Gasteiger partial charge >= 0.3 is 0 Å².